The van der Waals surface area contributed by atoms with E-state index in [4.69, 9.17) is 4.74 Å². The Morgan fingerprint density at radius 2 is 1.75 bits per heavy atom. The lowest BCUT2D eigenvalue weighted by atomic mass is 10.0. The number of hydrogen-bond donors (Lipinski definition) is 1. The fourth-order valence-electron chi connectivity index (χ4n) is 2.48. The Balaban J connectivity index is 2.13. The van der Waals surface area contributed by atoms with Gasteiger partial charge in [0.15, 0.2) is 0 Å². The van der Waals surface area contributed by atoms with E-state index in [1.807, 2.05) is 31.2 Å². The molecule has 0 saturated carbocycles. The zero-order valence-electron chi connectivity index (χ0n) is 14.7. The molecule has 0 amide bonds. The van der Waals surface area contributed by atoms with E-state index in [2.05, 4.69) is 18.6 Å². The Bertz CT molecular complexity index is 781. The lowest BCUT2D eigenvalue weighted by Gasteiger charge is -2.11. The smallest absolute Gasteiger partial charge is 0.240 e. The van der Waals surface area contributed by atoms with Gasteiger partial charge in [-0.05, 0) is 47.2 Å². The minimum absolute atomic E-state index is 0.263. The second-order valence-electron chi connectivity index (χ2n) is 6.05. The van der Waals surface area contributed by atoms with E-state index in [-0.39, 0.29) is 11.4 Å². The quantitative estimate of drug-likeness (QED) is 0.827. The third-order valence-electron chi connectivity index (χ3n) is 4.06. The van der Waals surface area contributed by atoms with Crippen molar-refractivity contribution >= 4 is 10.0 Å². The van der Waals surface area contributed by atoms with Gasteiger partial charge in [0.25, 0.3) is 0 Å². The van der Waals surface area contributed by atoms with Crippen LogP contribution in [0.3, 0.4) is 0 Å². The second kappa shape index (κ2) is 7.81. The molecule has 2 aromatic rings. The molecule has 0 aliphatic heterocycles. The van der Waals surface area contributed by atoms with Crippen LogP contribution in [-0.4, -0.2) is 15.5 Å². The molecule has 0 aromatic heterocycles. The van der Waals surface area contributed by atoms with Gasteiger partial charge < -0.3 is 4.74 Å². The Kier molecular flexibility index (Phi) is 6.02. The third-order valence-corrected chi connectivity index (χ3v) is 5.45. The van der Waals surface area contributed by atoms with Gasteiger partial charge in [-0.1, -0.05) is 45.0 Å². The number of methoxy groups -OCH3 is 1. The van der Waals surface area contributed by atoms with Gasteiger partial charge in [-0.2, -0.15) is 0 Å². The van der Waals surface area contributed by atoms with E-state index in [0.29, 0.717) is 18.1 Å². The largest absolute Gasteiger partial charge is 0.496 e. The van der Waals surface area contributed by atoms with Crippen LogP contribution in [-0.2, 0) is 23.0 Å². The van der Waals surface area contributed by atoms with Crippen molar-refractivity contribution < 1.29 is 13.2 Å². The molecule has 4 nitrogen and oxygen atoms in total. The minimum Gasteiger partial charge on any atom is -0.496 e. The fourth-order valence-corrected chi connectivity index (χ4v) is 3.55. The third kappa shape index (κ3) is 4.36. The SMILES string of the molecule is CCc1cc(S(=O)(=O)NCc2ccc(C(C)C)cc2)ccc1OC. The summed E-state index contributed by atoms with van der Waals surface area (Å²) >= 11 is 0. The molecule has 0 aliphatic carbocycles. The first kappa shape index (κ1) is 18.5. The van der Waals surface area contributed by atoms with Gasteiger partial charge in [0, 0.05) is 6.54 Å². The van der Waals surface area contributed by atoms with Crippen molar-refractivity contribution in [1.29, 1.82) is 0 Å². The van der Waals surface area contributed by atoms with Crippen LogP contribution >= 0.6 is 0 Å². The molecule has 24 heavy (non-hydrogen) atoms. The molecular weight excluding hydrogens is 322 g/mol. The maximum Gasteiger partial charge on any atom is 0.240 e. The van der Waals surface area contributed by atoms with Crippen LogP contribution in [0, 0.1) is 0 Å². The van der Waals surface area contributed by atoms with Crippen LogP contribution < -0.4 is 9.46 Å². The van der Waals surface area contributed by atoms with Crippen LogP contribution in [0.5, 0.6) is 5.75 Å². The van der Waals surface area contributed by atoms with Crippen LogP contribution in [0.4, 0.5) is 0 Å². The molecule has 0 aliphatic rings. The highest BCUT2D eigenvalue weighted by atomic mass is 32.2. The normalized spacial score (nSPS) is 11.7. The average molecular weight is 347 g/mol. The van der Waals surface area contributed by atoms with Crippen molar-refractivity contribution in [3.63, 3.8) is 0 Å². The van der Waals surface area contributed by atoms with Crippen LogP contribution in [0.2, 0.25) is 0 Å². The number of nitrogens with one attached hydrogen (secondary N) is 1. The van der Waals surface area contributed by atoms with Crippen molar-refractivity contribution in [1.82, 2.24) is 4.72 Å². The molecule has 1 N–H and O–H groups in total. The first-order chi connectivity index (χ1) is 11.4. The van der Waals surface area contributed by atoms with Crippen molar-refractivity contribution in [2.45, 2.75) is 44.6 Å². The number of ether oxygens (including phenoxy) is 1. The number of benzene rings is 2. The standard InChI is InChI=1S/C19H25NO3S/c1-5-16-12-18(10-11-19(16)23-4)24(21,22)20-13-15-6-8-17(9-7-15)14(2)3/h6-12,14,20H,5,13H2,1-4H3. The molecule has 2 aromatic carbocycles. The summed E-state index contributed by atoms with van der Waals surface area (Å²) in [6, 6.07) is 12.9. The lowest BCUT2D eigenvalue weighted by molar-refractivity contribution is 0.409. The molecule has 0 atom stereocenters. The molecule has 130 valence electrons. The van der Waals surface area contributed by atoms with Crippen LogP contribution in [0.1, 0.15) is 43.4 Å². The summed E-state index contributed by atoms with van der Waals surface area (Å²) < 4.78 is 32.9. The van der Waals surface area contributed by atoms with Crippen LogP contribution in [0.15, 0.2) is 47.4 Å². The summed E-state index contributed by atoms with van der Waals surface area (Å²) in [5, 5.41) is 0. The molecule has 0 fully saturated rings. The summed E-state index contributed by atoms with van der Waals surface area (Å²) in [7, 11) is -1.96. The van der Waals surface area contributed by atoms with Gasteiger partial charge in [0.1, 0.15) is 5.75 Å². The molecule has 5 heteroatoms. The summed E-state index contributed by atoms with van der Waals surface area (Å²) in [5.74, 6) is 1.17. The lowest BCUT2D eigenvalue weighted by Crippen LogP contribution is -2.23. The summed E-state index contributed by atoms with van der Waals surface area (Å²) in [4.78, 5) is 0.263. The zero-order valence-corrected chi connectivity index (χ0v) is 15.5. The monoisotopic (exact) mass is 347 g/mol. The Morgan fingerprint density at radius 3 is 2.29 bits per heavy atom. The van der Waals surface area contributed by atoms with Gasteiger partial charge in [-0.15, -0.1) is 0 Å². The Labute approximate surface area is 144 Å². The van der Waals surface area contributed by atoms with Crippen molar-refractivity contribution in [3.05, 3.63) is 59.2 Å². The van der Waals surface area contributed by atoms with E-state index < -0.39 is 10.0 Å². The van der Waals surface area contributed by atoms with E-state index >= 15 is 0 Å². The van der Waals surface area contributed by atoms with Crippen molar-refractivity contribution in [2.75, 3.05) is 7.11 Å². The summed E-state index contributed by atoms with van der Waals surface area (Å²) in [5.41, 5.74) is 3.05. The van der Waals surface area contributed by atoms with E-state index in [9.17, 15) is 8.42 Å². The molecular formula is C19H25NO3S. The Hall–Kier alpha value is -1.85. The highest BCUT2D eigenvalue weighted by molar-refractivity contribution is 7.89. The summed E-state index contributed by atoms with van der Waals surface area (Å²) in [6.07, 6.45) is 0.712. The Morgan fingerprint density at radius 1 is 1.08 bits per heavy atom. The topological polar surface area (TPSA) is 55.4 Å². The zero-order chi connectivity index (χ0) is 17.7. The molecule has 0 radical (unpaired) electrons. The first-order valence-corrected chi connectivity index (χ1v) is 9.61. The number of rotatable bonds is 7. The average Bonchev–Trinajstić information content (AvgIpc) is 2.59. The predicted molar refractivity (Wildman–Crippen MR) is 96.9 cm³/mol. The van der Waals surface area contributed by atoms with E-state index in [0.717, 1.165) is 11.1 Å². The number of aryl methyl sites for hydroxylation is 1. The van der Waals surface area contributed by atoms with E-state index in [1.54, 1.807) is 25.3 Å². The number of sulfonamides is 1. The molecule has 0 spiro atoms. The second-order valence-corrected chi connectivity index (χ2v) is 7.81. The van der Waals surface area contributed by atoms with Gasteiger partial charge in [0.2, 0.25) is 10.0 Å². The van der Waals surface area contributed by atoms with Gasteiger partial charge >= 0.3 is 0 Å². The predicted octanol–water partition coefficient (Wildman–Crippen LogP) is 3.86. The maximum atomic E-state index is 12.5. The molecule has 0 saturated heterocycles. The first-order valence-electron chi connectivity index (χ1n) is 8.12. The highest BCUT2D eigenvalue weighted by Crippen LogP contribution is 2.23. The molecule has 0 bridgehead atoms. The summed E-state index contributed by atoms with van der Waals surface area (Å²) in [6.45, 7) is 6.51. The number of hydrogen-bond acceptors (Lipinski definition) is 3. The minimum atomic E-state index is -3.55. The molecule has 0 heterocycles. The van der Waals surface area contributed by atoms with Gasteiger partial charge in [-0.3, -0.25) is 0 Å². The van der Waals surface area contributed by atoms with Crippen molar-refractivity contribution in [2.24, 2.45) is 0 Å². The molecule has 2 rings (SSSR count). The highest BCUT2D eigenvalue weighted by Gasteiger charge is 2.16. The van der Waals surface area contributed by atoms with Crippen molar-refractivity contribution in [3.8, 4) is 5.75 Å². The maximum absolute atomic E-state index is 12.5. The van der Waals surface area contributed by atoms with Crippen LogP contribution in [0.25, 0.3) is 0 Å². The fraction of sp³-hybridized carbons (Fsp3) is 0.368. The van der Waals surface area contributed by atoms with Gasteiger partial charge in [-0.25, -0.2) is 13.1 Å². The van der Waals surface area contributed by atoms with E-state index in [1.165, 1.54) is 5.56 Å². The molecule has 0 unspecified atom stereocenters. The van der Waals surface area contributed by atoms with Gasteiger partial charge in [0.05, 0.1) is 12.0 Å².